The number of halogens is 1. The lowest BCUT2D eigenvalue weighted by Gasteiger charge is -2.06. The van der Waals surface area contributed by atoms with Crippen molar-refractivity contribution in [2.75, 3.05) is 0 Å². The van der Waals surface area contributed by atoms with Crippen LogP contribution in [-0.2, 0) is 6.42 Å². The third-order valence-corrected chi connectivity index (χ3v) is 4.84. The van der Waals surface area contributed by atoms with Crippen LogP contribution in [0.2, 0.25) is 5.02 Å². The average Bonchev–Trinajstić information content (AvgIpc) is 2.94. The van der Waals surface area contributed by atoms with Gasteiger partial charge in [0.15, 0.2) is 5.43 Å². The fourth-order valence-electron chi connectivity index (χ4n) is 3.50. The fourth-order valence-corrected chi connectivity index (χ4v) is 3.67. The van der Waals surface area contributed by atoms with E-state index in [1.165, 1.54) is 0 Å². The van der Waals surface area contributed by atoms with Gasteiger partial charge in [-0.1, -0.05) is 17.7 Å². The molecule has 0 aliphatic carbocycles. The molecule has 1 aromatic carbocycles. The maximum absolute atomic E-state index is 13.0. The average molecular weight is 346 g/mol. The fraction of sp³-hybridized carbons (Fsp3) is 0.0500. The minimum atomic E-state index is 0.0170. The monoisotopic (exact) mass is 345 g/mol. The number of hydrogen-bond acceptors (Lipinski definition) is 3. The first kappa shape index (κ1) is 14.4. The van der Waals surface area contributed by atoms with Crippen molar-refractivity contribution in [3.05, 3.63) is 87.7 Å². The summed E-state index contributed by atoms with van der Waals surface area (Å²) in [4.78, 5) is 21.4. The summed E-state index contributed by atoms with van der Waals surface area (Å²) in [6.45, 7) is 0. The number of pyridine rings is 3. The minimum absolute atomic E-state index is 0.0170. The van der Waals surface area contributed by atoms with Gasteiger partial charge in [-0.3, -0.25) is 14.8 Å². The molecule has 25 heavy (non-hydrogen) atoms. The van der Waals surface area contributed by atoms with Gasteiger partial charge in [0.2, 0.25) is 0 Å². The second-order valence-electron chi connectivity index (χ2n) is 6.14. The normalized spacial score (nSPS) is 11.7. The van der Waals surface area contributed by atoms with Gasteiger partial charge in [0.05, 0.1) is 16.4 Å². The first-order valence-corrected chi connectivity index (χ1v) is 8.31. The Morgan fingerprint density at radius 1 is 1.00 bits per heavy atom. The Bertz CT molecular complexity index is 1300. The van der Waals surface area contributed by atoms with Crippen LogP contribution in [-0.4, -0.2) is 14.4 Å². The van der Waals surface area contributed by atoms with E-state index in [0.29, 0.717) is 16.8 Å². The third-order valence-electron chi connectivity index (χ3n) is 4.61. The molecule has 0 bridgehead atoms. The second-order valence-corrected chi connectivity index (χ2v) is 6.57. The predicted octanol–water partition coefficient (Wildman–Crippen LogP) is 4.08. The van der Waals surface area contributed by atoms with Gasteiger partial charge in [0.1, 0.15) is 0 Å². The van der Waals surface area contributed by atoms with Crippen LogP contribution < -0.4 is 5.43 Å². The SMILES string of the molecule is O=c1c(Cc2cccnc2)cn2c3ccc(Cl)cc3c3cncc1c32. The van der Waals surface area contributed by atoms with Gasteiger partial charge >= 0.3 is 0 Å². The van der Waals surface area contributed by atoms with Gasteiger partial charge in [0.25, 0.3) is 0 Å². The number of fused-ring (bicyclic) bond motifs is 3. The van der Waals surface area contributed by atoms with Gasteiger partial charge in [0, 0.05) is 58.8 Å². The Hall–Kier alpha value is -2.98. The van der Waals surface area contributed by atoms with Crippen LogP contribution in [0.5, 0.6) is 0 Å². The molecule has 0 atom stereocenters. The largest absolute Gasteiger partial charge is 0.315 e. The Morgan fingerprint density at radius 2 is 1.88 bits per heavy atom. The number of benzene rings is 1. The minimum Gasteiger partial charge on any atom is -0.315 e. The summed E-state index contributed by atoms with van der Waals surface area (Å²) in [7, 11) is 0. The molecule has 0 aliphatic rings. The molecule has 0 unspecified atom stereocenters. The van der Waals surface area contributed by atoms with E-state index >= 15 is 0 Å². The van der Waals surface area contributed by atoms with Crippen molar-refractivity contribution in [2.45, 2.75) is 6.42 Å². The third kappa shape index (κ3) is 2.11. The van der Waals surface area contributed by atoms with Crippen LogP contribution in [0.3, 0.4) is 0 Å². The van der Waals surface area contributed by atoms with Crippen molar-refractivity contribution in [1.82, 2.24) is 14.4 Å². The standard InChI is InChI=1S/C20H12ClN3O/c21-14-3-4-18-15(7-14)16-9-23-10-17-19(16)24(18)11-13(20(17)25)6-12-2-1-5-22-8-12/h1-5,7-11H,6H2. The predicted molar refractivity (Wildman–Crippen MR) is 99.7 cm³/mol. The quantitative estimate of drug-likeness (QED) is 0.484. The summed E-state index contributed by atoms with van der Waals surface area (Å²) < 4.78 is 2.07. The second kappa shape index (κ2) is 5.26. The zero-order valence-corrected chi connectivity index (χ0v) is 13.9. The highest BCUT2D eigenvalue weighted by Gasteiger charge is 2.16. The Balaban J connectivity index is 1.89. The van der Waals surface area contributed by atoms with Crippen LogP contribution in [0, 0.1) is 0 Å². The molecule has 0 saturated heterocycles. The zero-order valence-electron chi connectivity index (χ0n) is 13.1. The lowest BCUT2D eigenvalue weighted by molar-refractivity contribution is 1.09. The van der Waals surface area contributed by atoms with Gasteiger partial charge in [-0.25, -0.2) is 0 Å². The lowest BCUT2D eigenvalue weighted by atomic mass is 10.1. The highest BCUT2D eigenvalue weighted by Crippen LogP contribution is 2.32. The number of hydrogen-bond donors (Lipinski definition) is 0. The van der Waals surface area contributed by atoms with Gasteiger partial charge in [-0.2, -0.15) is 0 Å². The zero-order chi connectivity index (χ0) is 17.0. The first-order chi connectivity index (χ1) is 12.2. The molecule has 5 heteroatoms. The van der Waals surface area contributed by atoms with Crippen LogP contribution in [0.15, 0.2) is 66.1 Å². The summed E-state index contributed by atoms with van der Waals surface area (Å²) in [5, 5.41) is 3.25. The molecule has 0 spiro atoms. The van der Waals surface area contributed by atoms with E-state index < -0.39 is 0 Å². The van der Waals surface area contributed by atoms with Crippen molar-refractivity contribution in [2.24, 2.45) is 0 Å². The van der Waals surface area contributed by atoms with Crippen molar-refractivity contribution < 1.29 is 0 Å². The Labute approximate surface area is 147 Å². The molecule has 0 amide bonds. The first-order valence-electron chi connectivity index (χ1n) is 7.94. The molecule has 4 nitrogen and oxygen atoms in total. The summed E-state index contributed by atoms with van der Waals surface area (Å²) >= 11 is 6.17. The number of rotatable bonds is 2. The van der Waals surface area contributed by atoms with Crippen LogP contribution in [0.4, 0.5) is 0 Å². The lowest BCUT2D eigenvalue weighted by Crippen LogP contribution is -2.12. The molecular formula is C20H12ClN3O. The Morgan fingerprint density at radius 3 is 2.72 bits per heavy atom. The van der Waals surface area contributed by atoms with E-state index in [9.17, 15) is 4.79 Å². The van der Waals surface area contributed by atoms with E-state index in [2.05, 4.69) is 14.4 Å². The van der Waals surface area contributed by atoms with E-state index in [4.69, 9.17) is 11.6 Å². The highest BCUT2D eigenvalue weighted by molar-refractivity contribution is 6.32. The van der Waals surface area contributed by atoms with Crippen molar-refractivity contribution in [1.29, 1.82) is 0 Å². The molecule has 0 fully saturated rings. The van der Waals surface area contributed by atoms with E-state index in [1.54, 1.807) is 24.8 Å². The Kier molecular flexibility index (Phi) is 3.02. The van der Waals surface area contributed by atoms with E-state index in [0.717, 1.165) is 32.9 Å². The van der Waals surface area contributed by atoms with Crippen molar-refractivity contribution in [3.63, 3.8) is 0 Å². The molecule has 0 aliphatic heterocycles. The van der Waals surface area contributed by atoms with Crippen LogP contribution >= 0.6 is 11.6 Å². The van der Waals surface area contributed by atoms with Crippen LogP contribution in [0.25, 0.3) is 27.2 Å². The molecule has 120 valence electrons. The molecule has 5 aromatic rings. The number of aromatic nitrogens is 3. The molecule has 4 heterocycles. The van der Waals surface area contributed by atoms with Gasteiger partial charge < -0.3 is 4.40 Å². The summed E-state index contributed by atoms with van der Waals surface area (Å²) in [6.07, 6.45) is 9.43. The van der Waals surface area contributed by atoms with E-state index in [1.807, 2.05) is 36.5 Å². The summed E-state index contributed by atoms with van der Waals surface area (Å²) in [5.41, 5.74) is 3.66. The smallest absolute Gasteiger partial charge is 0.194 e. The molecule has 4 aromatic heterocycles. The molecule has 0 radical (unpaired) electrons. The topological polar surface area (TPSA) is 47.3 Å². The highest BCUT2D eigenvalue weighted by atomic mass is 35.5. The van der Waals surface area contributed by atoms with Gasteiger partial charge in [-0.15, -0.1) is 0 Å². The molecule has 0 N–H and O–H groups in total. The maximum Gasteiger partial charge on any atom is 0.194 e. The van der Waals surface area contributed by atoms with Crippen molar-refractivity contribution >= 4 is 38.8 Å². The van der Waals surface area contributed by atoms with Crippen molar-refractivity contribution in [3.8, 4) is 0 Å². The molecule has 5 rings (SSSR count). The molecular weight excluding hydrogens is 334 g/mol. The maximum atomic E-state index is 13.0. The van der Waals surface area contributed by atoms with Crippen LogP contribution in [0.1, 0.15) is 11.1 Å². The molecule has 0 saturated carbocycles. The summed E-state index contributed by atoms with van der Waals surface area (Å²) in [6, 6.07) is 9.62. The van der Waals surface area contributed by atoms with E-state index in [-0.39, 0.29) is 5.43 Å². The van der Waals surface area contributed by atoms with Gasteiger partial charge in [-0.05, 0) is 29.8 Å². The summed E-state index contributed by atoms with van der Waals surface area (Å²) in [5.74, 6) is 0. The number of nitrogens with zero attached hydrogens (tertiary/aromatic N) is 3.